The molecule has 5 nitrogen and oxygen atoms in total. The van der Waals surface area contributed by atoms with E-state index in [1.807, 2.05) is 32.9 Å². The van der Waals surface area contributed by atoms with Crippen molar-refractivity contribution in [3.05, 3.63) is 29.8 Å². The van der Waals surface area contributed by atoms with Gasteiger partial charge in [-0.15, -0.1) is 0 Å². The van der Waals surface area contributed by atoms with Crippen molar-refractivity contribution in [2.75, 3.05) is 19.7 Å². The van der Waals surface area contributed by atoms with Crippen LogP contribution in [0.5, 0.6) is 0 Å². The summed E-state index contributed by atoms with van der Waals surface area (Å²) in [5.74, 6) is 0. The van der Waals surface area contributed by atoms with Gasteiger partial charge in [-0.25, -0.2) is 13.1 Å². The molecular formula is C14H24N2O3S. The topological polar surface area (TPSA) is 67.4 Å². The molecule has 20 heavy (non-hydrogen) atoms. The van der Waals surface area contributed by atoms with E-state index in [1.54, 1.807) is 12.1 Å². The summed E-state index contributed by atoms with van der Waals surface area (Å²) in [6.45, 7) is 7.79. The van der Waals surface area contributed by atoms with E-state index in [-0.39, 0.29) is 12.6 Å². The molecular weight excluding hydrogens is 276 g/mol. The lowest BCUT2D eigenvalue weighted by Gasteiger charge is -2.12. The van der Waals surface area contributed by atoms with Gasteiger partial charge in [0.15, 0.2) is 0 Å². The fourth-order valence-corrected chi connectivity index (χ4v) is 2.97. The second-order valence-corrected chi connectivity index (χ2v) is 6.44. The maximum Gasteiger partial charge on any atom is 0.240 e. The minimum absolute atomic E-state index is 0.0977. The molecule has 0 radical (unpaired) electrons. The average molecular weight is 300 g/mol. The molecule has 0 saturated heterocycles. The van der Waals surface area contributed by atoms with Crippen LogP contribution in [0, 0.1) is 0 Å². The van der Waals surface area contributed by atoms with E-state index in [2.05, 4.69) is 10.0 Å². The molecule has 1 aromatic carbocycles. The Kier molecular flexibility index (Phi) is 7.15. The molecule has 1 aromatic rings. The van der Waals surface area contributed by atoms with Crippen LogP contribution in [-0.2, 0) is 21.3 Å². The van der Waals surface area contributed by atoms with Gasteiger partial charge < -0.3 is 10.1 Å². The molecule has 2 N–H and O–H groups in total. The monoisotopic (exact) mass is 300 g/mol. The SMILES string of the molecule is CCNCc1ccccc1S(=O)(=O)NCCOC(C)C. The smallest absolute Gasteiger partial charge is 0.240 e. The molecule has 0 aromatic heterocycles. The van der Waals surface area contributed by atoms with E-state index >= 15 is 0 Å². The lowest BCUT2D eigenvalue weighted by atomic mass is 10.2. The molecule has 0 spiro atoms. The third-order valence-corrected chi connectivity index (χ3v) is 4.23. The highest BCUT2D eigenvalue weighted by Gasteiger charge is 2.17. The van der Waals surface area contributed by atoms with Gasteiger partial charge in [0, 0.05) is 13.1 Å². The molecule has 1 rings (SSSR count). The first-order valence-electron chi connectivity index (χ1n) is 6.87. The van der Waals surface area contributed by atoms with Crippen molar-refractivity contribution in [3.8, 4) is 0 Å². The number of hydrogen-bond acceptors (Lipinski definition) is 4. The van der Waals surface area contributed by atoms with Crippen molar-refractivity contribution >= 4 is 10.0 Å². The Morgan fingerprint density at radius 1 is 1.25 bits per heavy atom. The standard InChI is InChI=1S/C14H24N2O3S/c1-4-15-11-13-7-5-6-8-14(13)20(17,18)16-9-10-19-12(2)3/h5-8,12,15-16H,4,9-11H2,1-3H3. The fraction of sp³-hybridized carbons (Fsp3) is 0.571. The van der Waals surface area contributed by atoms with Gasteiger partial charge in [0.1, 0.15) is 0 Å². The minimum Gasteiger partial charge on any atom is -0.377 e. The zero-order chi connectivity index (χ0) is 15.0. The van der Waals surface area contributed by atoms with Crippen molar-refractivity contribution in [3.63, 3.8) is 0 Å². The highest BCUT2D eigenvalue weighted by molar-refractivity contribution is 7.89. The summed E-state index contributed by atoms with van der Waals surface area (Å²) in [5, 5.41) is 3.14. The number of rotatable bonds is 9. The Hall–Kier alpha value is -0.950. The third-order valence-electron chi connectivity index (χ3n) is 2.67. The summed E-state index contributed by atoms with van der Waals surface area (Å²) < 4.78 is 32.4. The number of nitrogens with one attached hydrogen (secondary N) is 2. The third kappa shape index (κ3) is 5.58. The van der Waals surface area contributed by atoms with Crippen molar-refractivity contribution in [2.24, 2.45) is 0 Å². The molecule has 0 unspecified atom stereocenters. The highest BCUT2D eigenvalue weighted by atomic mass is 32.2. The van der Waals surface area contributed by atoms with Crippen LogP contribution >= 0.6 is 0 Å². The van der Waals surface area contributed by atoms with Gasteiger partial charge in [-0.3, -0.25) is 0 Å². The van der Waals surface area contributed by atoms with Crippen molar-refractivity contribution < 1.29 is 13.2 Å². The van der Waals surface area contributed by atoms with Crippen molar-refractivity contribution in [1.29, 1.82) is 0 Å². The molecule has 0 saturated carbocycles. The van der Waals surface area contributed by atoms with E-state index < -0.39 is 10.0 Å². The van der Waals surface area contributed by atoms with E-state index in [9.17, 15) is 8.42 Å². The molecule has 0 aliphatic rings. The van der Waals surface area contributed by atoms with Gasteiger partial charge in [-0.1, -0.05) is 25.1 Å². The first-order valence-corrected chi connectivity index (χ1v) is 8.35. The van der Waals surface area contributed by atoms with Crippen LogP contribution in [0.3, 0.4) is 0 Å². The summed E-state index contributed by atoms with van der Waals surface area (Å²) in [5.41, 5.74) is 0.770. The summed E-state index contributed by atoms with van der Waals surface area (Å²) in [7, 11) is -3.49. The predicted octanol–water partition coefficient (Wildman–Crippen LogP) is 1.50. The number of hydrogen-bond donors (Lipinski definition) is 2. The molecule has 0 aliphatic heterocycles. The predicted molar refractivity (Wildman–Crippen MR) is 80.1 cm³/mol. The molecule has 0 aliphatic carbocycles. The Balaban J connectivity index is 2.71. The van der Waals surface area contributed by atoms with Gasteiger partial charge in [-0.2, -0.15) is 0 Å². The largest absolute Gasteiger partial charge is 0.377 e. The Labute approximate surface area is 121 Å². The summed E-state index contributed by atoms with van der Waals surface area (Å²) in [6.07, 6.45) is 0.0977. The maximum atomic E-state index is 12.3. The minimum atomic E-state index is -3.49. The molecule has 0 amide bonds. The lowest BCUT2D eigenvalue weighted by Crippen LogP contribution is -2.29. The van der Waals surface area contributed by atoms with Crippen LogP contribution in [-0.4, -0.2) is 34.2 Å². The first-order chi connectivity index (χ1) is 9.47. The maximum absolute atomic E-state index is 12.3. The van der Waals surface area contributed by atoms with E-state index in [0.29, 0.717) is 18.0 Å². The second kappa shape index (κ2) is 8.36. The highest BCUT2D eigenvalue weighted by Crippen LogP contribution is 2.14. The summed E-state index contributed by atoms with van der Waals surface area (Å²) in [6, 6.07) is 7.02. The number of sulfonamides is 1. The van der Waals surface area contributed by atoms with E-state index in [1.165, 1.54) is 0 Å². The second-order valence-electron chi connectivity index (χ2n) is 4.71. The van der Waals surface area contributed by atoms with Crippen LogP contribution in [0.25, 0.3) is 0 Å². The molecule has 0 bridgehead atoms. The van der Waals surface area contributed by atoms with E-state index in [0.717, 1.165) is 12.1 Å². The lowest BCUT2D eigenvalue weighted by molar-refractivity contribution is 0.0834. The van der Waals surface area contributed by atoms with Gasteiger partial charge in [0.05, 0.1) is 17.6 Å². The molecule has 114 valence electrons. The number of benzene rings is 1. The van der Waals surface area contributed by atoms with Crippen LogP contribution in [0.2, 0.25) is 0 Å². The average Bonchev–Trinajstić information content (AvgIpc) is 2.41. The van der Waals surface area contributed by atoms with Gasteiger partial charge in [0.2, 0.25) is 10.0 Å². The van der Waals surface area contributed by atoms with Crippen molar-refractivity contribution in [2.45, 2.75) is 38.3 Å². The molecule has 6 heteroatoms. The Morgan fingerprint density at radius 2 is 1.95 bits per heavy atom. The quantitative estimate of drug-likeness (QED) is 0.678. The fourth-order valence-electron chi connectivity index (χ4n) is 1.72. The van der Waals surface area contributed by atoms with Crippen molar-refractivity contribution in [1.82, 2.24) is 10.0 Å². The van der Waals surface area contributed by atoms with Gasteiger partial charge in [0.25, 0.3) is 0 Å². The Morgan fingerprint density at radius 3 is 2.60 bits per heavy atom. The molecule has 0 fully saturated rings. The van der Waals surface area contributed by atoms with Crippen LogP contribution in [0.4, 0.5) is 0 Å². The zero-order valence-corrected chi connectivity index (χ0v) is 13.2. The van der Waals surface area contributed by atoms with E-state index in [4.69, 9.17) is 4.74 Å². The normalized spacial score (nSPS) is 12.0. The van der Waals surface area contributed by atoms with Crippen LogP contribution in [0.15, 0.2) is 29.2 Å². The van der Waals surface area contributed by atoms with Gasteiger partial charge in [-0.05, 0) is 32.0 Å². The van der Waals surface area contributed by atoms with Crippen LogP contribution < -0.4 is 10.0 Å². The van der Waals surface area contributed by atoms with Crippen LogP contribution in [0.1, 0.15) is 26.3 Å². The molecule has 0 atom stereocenters. The summed E-state index contributed by atoms with van der Waals surface area (Å²) in [4.78, 5) is 0.325. The van der Waals surface area contributed by atoms with Gasteiger partial charge >= 0.3 is 0 Å². The Bertz CT molecular complexity index is 501. The number of ether oxygens (including phenoxy) is 1. The molecule has 0 heterocycles. The zero-order valence-electron chi connectivity index (χ0n) is 12.3. The summed E-state index contributed by atoms with van der Waals surface area (Å²) >= 11 is 0. The first kappa shape index (κ1) is 17.1.